The van der Waals surface area contributed by atoms with Crippen molar-refractivity contribution in [2.24, 2.45) is 5.14 Å². The molecule has 34 heavy (non-hydrogen) atoms. The number of nitrogens with two attached hydrogens (primary N) is 1. The van der Waals surface area contributed by atoms with Crippen LogP contribution >= 0.6 is 0 Å². The number of hydrogen-bond donors (Lipinski definition) is 2. The third-order valence-electron chi connectivity index (χ3n) is 4.96. The Morgan fingerprint density at radius 3 is 1.71 bits per heavy atom. The van der Waals surface area contributed by atoms with Gasteiger partial charge in [-0.2, -0.15) is 0 Å². The van der Waals surface area contributed by atoms with Crippen molar-refractivity contribution in [2.45, 2.75) is 10.9 Å². The fourth-order valence-corrected chi connectivity index (χ4v) is 3.67. The summed E-state index contributed by atoms with van der Waals surface area (Å²) in [6.45, 7) is -0.529. The van der Waals surface area contributed by atoms with E-state index in [4.69, 9.17) is 19.3 Å². The van der Waals surface area contributed by atoms with Gasteiger partial charge in [-0.25, -0.2) is 18.4 Å². The number of amides is 1. The van der Waals surface area contributed by atoms with Crippen LogP contribution in [-0.2, 0) is 19.6 Å². The number of ether oxygens (including phenoxy) is 3. The van der Waals surface area contributed by atoms with Crippen LogP contribution in [0.5, 0.6) is 11.5 Å². The molecule has 0 aliphatic carbocycles. The molecule has 0 saturated heterocycles. The number of nitrogens with one attached hydrogen (secondary N) is 1. The van der Waals surface area contributed by atoms with Crippen molar-refractivity contribution in [3.05, 3.63) is 89.5 Å². The Morgan fingerprint density at radius 2 is 1.29 bits per heavy atom. The van der Waals surface area contributed by atoms with Gasteiger partial charge in [-0.3, -0.25) is 4.79 Å². The van der Waals surface area contributed by atoms with Gasteiger partial charge in [-0.15, -0.1) is 0 Å². The molecule has 0 fully saturated rings. The molecule has 1 amide bonds. The summed E-state index contributed by atoms with van der Waals surface area (Å²) >= 11 is 0. The molecule has 178 valence electrons. The highest BCUT2D eigenvalue weighted by molar-refractivity contribution is 7.89. The molecule has 0 unspecified atom stereocenters. The molecular formula is C24H24N2O7S. The fourth-order valence-electron chi connectivity index (χ4n) is 3.15. The summed E-state index contributed by atoms with van der Waals surface area (Å²) in [6.07, 6.45) is 0. The summed E-state index contributed by atoms with van der Waals surface area (Å²) in [6, 6.07) is 18.8. The van der Waals surface area contributed by atoms with E-state index in [0.717, 1.165) is 11.1 Å². The highest BCUT2D eigenvalue weighted by Crippen LogP contribution is 2.26. The number of sulfonamides is 1. The zero-order valence-corrected chi connectivity index (χ0v) is 19.4. The Morgan fingerprint density at radius 1 is 0.824 bits per heavy atom. The van der Waals surface area contributed by atoms with Crippen LogP contribution in [0.4, 0.5) is 0 Å². The molecule has 0 radical (unpaired) electrons. The van der Waals surface area contributed by atoms with Crippen molar-refractivity contribution in [2.75, 3.05) is 20.8 Å². The van der Waals surface area contributed by atoms with E-state index in [1.807, 2.05) is 24.3 Å². The second-order valence-corrected chi connectivity index (χ2v) is 8.75. The molecule has 0 aliphatic rings. The van der Waals surface area contributed by atoms with Crippen LogP contribution in [0, 0.1) is 0 Å². The minimum atomic E-state index is -3.88. The standard InChI is InChI=1S/C24H24N2O7S/c1-31-19-9-3-16(4-10-19)23(17-5-11-20(32-2)12-6-17)26-22(27)15-33-24(28)18-7-13-21(14-8-18)34(25,29)30/h3-14,23H,15H2,1-2H3,(H,26,27)(H2,25,29,30). The van der Waals surface area contributed by atoms with E-state index in [2.05, 4.69) is 5.32 Å². The average Bonchev–Trinajstić information content (AvgIpc) is 2.85. The molecule has 0 aromatic heterocycles. The molecule has 0 bridgehead atoms. The van der Waals surface area contributed by atoms with Gasteiger partial charge in [-0.1, -0.05) is 24.3 Å². The van der Waals surface area contributed by atoms with Gasteiger partial charge in [0.15, 0.2) is 6.61 Å². The molecule has 3 aromatic rings. The zero-order valence-electron chi connectivity index (χ0n) is 18.6. The first-order valence-electron chi connectivity index (χ1n) is 10.1. The van der Waals surface area contributed by atoms with Gasteiger partial charge < -0.3 is 19.5 Å². The van der Waals surface area contributed by atoms with E-state index >= 15 is 0 Å². The zero-order chi connectivity index (χ0) is 24.7. The molecule has 0 aliphatic heterocycles. The van der Waals surface area contributed by atoms with Crippen LogP contribution in [0.15, 0.2) is 77.7 Å². The van der Waals surface area contributed by atoms with Gasteiger partial charge >= 0.3 is 5.97 Å². The maximum absolute atomic E-state index is 12.6. The molecule has 3 N–H and O–H groups in total. The van der Waals surface area contributed by atoms with Crippen molar-refractivity contribution >= 4 is 21.9 Å². The van der Waals surface area contributed by atoms with Gasteiger partial charge in [0.1, 0.15) is 11.5 Å². The first kappa shape index (κ1) is 24.7. The second-order valence-electron chi connectivity index (χ2n) is 7.19. The number of carbonyl (C=O) groups excluding carboxylic acids is 2. The summed E-state index contributed by atoms with van der Waals surface area (Å²) in [5.74, 6) is 0.0459. The van der Waals surface area contributed by atoms with Gasteiger partial charge in [0, 0.05) is 0 Å². The normalized spacial score (nSPS) is 11.1. The Balaban J connectivity index is 1.71. The van der Waals surface area contributed by atoms with Crippen LogP contribution in [0.25, 0.3) is 0 Å². The molecular weight excluding hydrogens is 460 g/mol. The number of primary sulfonamides is 1. The van der Waals surface area contributed by atoms with Crippen molar-refractivity contribution < 1.29 is 32.2 Å². The highest BCUT2D eigenvalue weighted by Gasteiger charge is 2.19. The van der Waals surface area contributed by atoms with E-state index in [-0.39, 0.29) is 10.5 Å². The first-order valence-corrected chi connectivity index (χ1v) is 11.6. The summed E-state index contributed by atoms with van der Waals surface area (Å²) in [4.78, 5) is 24.8. The van der Waals surface area contributed by atoms with Gasteiger partial charge in [-0.05, 0) is 59.7 Å². The monoisotopic (exact) mass is 484 g/mol. The third kappa shape index (κ3) is 6.33. The highest BCUT2D eigenvalue weighted by atomic mass is 32.2. The Bertz CT molecular complexity index is 1190. The lowest BCUT2D eigenvalue weighted by Gasteiger charge is -2.20. The summed E-state index contributed by atoms with van der Waals surface area (Å²) < 4.78 is 38.1. The lowest BCUT2D eigenvalue weighted by molar-refractivity contribution is -0.124. The Hall–Kier alpha value is -3.89. The molecule has 3 aromatic carbocycles. The van der Waals surface area contributed by atoms with Crippen LogP contribution in [0.2, 0.25) is 0 Å². The lowest BCUT2D eigenvalue weighted by Crippen LogP contribution is -2.33. The van der Waals surface area contributed by atoms with E-state index in [0.29, 0.717) is 11.5 Å². The summed E-state index contributed by atoms with van der Waals surface area (Å²) in [5.41, 5.74) is 1.68. The minimum Gasteiger partial charge on any atom is -0.497 e. The number of benzene rings is 3. The number of methoxy groups -OCH3 is 2. The summed E-state index contributed by atoms with van der Waals surface area (Å²) in [7, 11) is -0.750. The lowest BCUT2D eigenvalue weighted by atomic mass is 9.98. The number of hydrogen-bond acceptors (Lipinski definition) is 7. The maximum atomic E-state index is 12.6. The van der Waals surface area contributed by atoms with E-state index in [1.165, 1.54) is 24.3 Å². The van der Waals surface area contributed by atoms with Crippen molar-refractivity contribution in [3.8, 4) is 11.5 Å². The quantitative estimate of drug-likeness (QED) is 0.446. The molecule has 0 spiro atoms. The third-order valence-corrected chi connectivity index (χ3v) is 5.89. The van der Waals surface area contributed by atoms with Crippen LogP contribution in [0.3, 0.4) is 0 Å². The second kappa shape index (κ2) is 10.8. The molecule has 9 nitrogen and oxygen atoms in total. The molecule has 10 heteroatoms. The Kier molecular flexibility index (Phi) is 7.87. The summed E-state index contributed by atoms with van der Waals surface area (Å²) in [5, 5.41) is 7.91. The van der Waals surface area contributed by atoms with Crippen LogP contribution < -0.4 is 19.9 Å². The van der Waals surface area contributed by atoms with E-state index < -0.39 is 34.5 Å². The molecule has 0 saturated carbocycles. The van der Waals surface area contributed by atoms with Gasteiger partial charge in [0.05, 0.1) is 30.7 Å². The van der Waals surface area contributed by atoms with Gasteiger partial charge in [0.25, 0.3) is 5.91 Å². The van der Waals surface area contributed by atoms with Crippen LogP contribution in [0.1, 0.15) is 27.5 Å². The maximum Gasteiger partial charge on any atom is 0.338 e. The van der Waals surface area contributed by atoms with Gasteiger partial charge in [0.2, 0.25) is 10.0 Å². The largest absolute Gasteiger partial charge is 0.497 e. The predicted octanol–water partition coefficient (Wildman–Crippen LogP) is 2.41. The molecule has 3 rings (SSSR count). The topological polar surface area (TPSA) is 134 Å². The van der Waals surface area contributed by atoms with Crippen LogP contribution in [-0.4, -0.2) is 41.1 Å². The van der Waals surface area contributed by atoms with E-state index in [9.17, 15) is 18.0 Å². The first-order chi connectivity index (χ1) is 16.2. The van der Waals surface area contributed by atoms with Crippen molar-refractivity contribution in [1.29, 1.82) is 0 Å². The smallest absolute Gasteiger partial charge is 0.338 e. The average molecular weight is 485 g/mol. The number of esters is 1. The van der Waals surface area contributed by atoms with Crippen molar-refractivity contribution in [1.82, 2.24) is 5.32 Å². The SMILES string of the molecule is COc1ccc(C(NC(=O)COC(=O)c2ccc(S(N)(=O)=O)cc2)c2ccc(OC)cc2)cc1. The Labute approximate surface area is 197 Å². The predicted molar refractivity (Wildman–Crippen MR) is 124 cm³/mol. The molecule has 0 atom stereocenters. The van der Waals surface area contributed by atoms with Crippen molar-refractivity contribution in [3.63, 3.8) is 0 Å². The minimum absolute atomic E-state index is 0.0852. The number of carbonyl (C=O) groups is 2. The fraction of sp³-hybridized carbons (Fsp3) is 0.167. The van der Waals surface area contributed by atoms with E-state index in [1.54, 1.807) is 38.5 Å². The molecule has 0 heterocycles. The number of rotatable bonds is 9.